The topological polar surface area (TPSA) is 38.9 Å². The number of halogens is 2. The monoisotopic (exact) mass is 240 g/mol. The summed E-state index contributed by atoms with van der Waals surface area (Å²) >= 11 is 6.35. The number of aromatic nitrogens is 1. The molecule has 0 unspecified atom stereocenters. The Kier molecular flexibility index (Phi) is 11.8. The van der Waals surface area contributed by atoms with Crippen molar-refractivity contribution in [2.75, 3.05) is 17.9 Å². The van der Waals surface area contributed by atoms with Crippen LogP contribution in [0.15, 0.2) is 23.2 Å². The van der Waals surface area contributed by atoms with Crippen LogP contribution in [0, 0.1) is 0 Å². The van der Waals surface area contributed by atoms with E-state index in [1.165, 1.54) is 6.38 Å². The summed E-state index contributed by atoms with van der Waals surface area (Å²) in [7, 11) is 0. The predicted octanol–water partition coefficient (Wildman–Crippen LogP) is 3.05. The molecule has 1 heterocycles. The van der Waals surface area contributed by atoms with Crippen molar-refractivity contribution in [1.29, 1.82) is 0 Å². The molecule has 1 rings (SSSR count). The van der Waals surface area contributed by atoms with Gasteiger partial charge in [0.25, 0.3) is 0 Å². The minimum Gasteiger partial charge on any atom is -0.383 e. The highest BCUT2D eigenvalue weighted by atomic mass is 35.5. The molecule has 0 amide bonds. The maximum Gasteiger partial charge on any atom is 0.137 e. The van der Waals surface area contributed by atoms with Crippen LogP contribution in [0.2, 0.25) is 0 Å². The summed E-state index contributed by atoms with van der Waals surface area (Å²) in [5, 5.41) is 0. The second-order valence-corrected chi connectivity index (χ2v) is 3.13. The number of hydrogen-bond acceptors (Lipinski definition) is 3. The molecule has 0 aliphatic heterocycles. The fraction of sp³-hybridized carbons (Fsp3) is 0.375. The Balaban J connectivity index is 0. The van der Waals surface area contributed by atoms with Gasteiger partial charge >= 0.3 is 0 Å². The van der Waals surface area contributed by atoms with E-state index >= 15 is 0 Å². The fourth-order valence-corrected chi connectivity index (χ4v) is 1.37. The van der Waals surface area contributed by atoms with Gasteiger partial charge in [-0.2, -0.15) is 0 Å². The molecule has 1 aromatic heterocycles. The highest BCUT2D eigenvalue weighted by Gasteiger charge is 1.95. The number of nitrogens with zero attached hydrogens (tertiary/aromatic N) is 1. The third-order valence-electron chi connectivity index (χ3n) is 1.10. The zero-order chi connectivity index (χ0) is 9.40. The van der Waals surface area contributed by atoms with Crippen LogP contribution < -0.4 is 5.73 Å². The van der Waals surface area contributed by atoms with E-state index in [9.17, 15) is 0 Å². The number of nitrogens with two attached hydrogens (primary N) is 1. The second-order valence-electron chi connectivity index (χ2n) is 1.82. The molecule has 13 heavy (non-hydrogen) atoms. The molecule has 0 atom stereocenters. The summed E-state index contributed by atoms with van der Waals surface area (Å²) in [5.41, 5.74) is 5.57. The van der Waals surface area contributed by atoms with E-state index in [4.69, 9.17) is 5.73 Å². The minimum atomic E-state index is 0. The van der Waals surface area contributed by atoms with E-state index < -0.39 is 0 Å². The van der Waals surface area contributed by atoms with Gasteiger partial charge in [-0.3, -0.25) is 0 Å². The molecule has 0 aliphatic carbocycles. The van der Waals surface area contributed by atoms with Crippen molar-refractivity contribution in [3.63, 3.8) is 0 Å². The van der Waals surface area contributed by atoms with Gasteiger partial charge in [-0.15, -0.1) is 35.8 Å². The Labute approximate surface area is 94.7 Å². The van der Waals surface area contributed by atoms with Crippen molar-refractivity contribution < 1.29 is 0 Å². The van der Waals surface area contributed by atoms with Crippen molar-refractivity contribution in [2.24, 2.45) is 0 Å². The van der Waals surface area contributed by atoms with E-state index in [-0.39, 0.29) is 12.4 Å². The van der Waals surface area contributed by atoms with E-state index in [1.807, 2.05) is 12.1 Å². The number of anilines is 1. The van der Waals surface area contributed by atoms with Gasteiger partial charge in [0, 0.05) is 17.5 Å². The van der Waals surface area contributed by atoms with Crippen LogP contribution in [0.25, 0.3) is 0 Å². The molecule has 0 saturated carbocycles. The molecular formula is C8H14Cl2N2S. The van der Waals surface area contributed by atoms with E-state index in [0.717, 1.165) is 10.6 Å². The minimum absolute atomic E-state index is 0. The number of rotatable bonds is 2. The zero-order valence-corrected chi connectivity index (χ0v) is 10.0. The Morgan fingerprint density at radius 1 is 1.54 bits per heavy atom. The lowest BCUT2D eigenvalue weighted by atomic mass is 10.5. The molecule has 0 bridgehead atoms. The third-order valence-corrected chi connectivity index (χ3v) is 2.04. The SMILES string of the molecule is CCSc1cccnc1N.CCl.Cl. The molecule has 5 heteroatoms. The Morgan fingerprint density at radius 2 is 2.15 bits per heavy atom. The lowest BCUT2D eigenvalue weighted by molar-refractivity contribution is 1.25. The molecule has 0 fully saturated rings. The van der Waals surface area contributed by atoms with Crippen molar-refractivity contribution in [3.05, 3.63) is 18.3 Å². The molecular weight excluding hydrogens is 227 g/mol. The van der Waals surface area contributed by atoms with Crippen LogP contribution in [0.4, 0.5) is 5.82 Å². The van der Waals surface area contributed by atoms with Crippen LogP contribution >= 0.6 is 35.8 Å². The first kappa shape index (κ1) is 15.4. The summed E-state index contributed by atoms with van der Waals surface area (Å²) in [6, 6.07) is 3.88. The maximum atomic E-state index is 5.57. The molecule has 76 valence electrons. The van der Waals surface area contributed by atoms with Crippen LogP contribution in [0.5, 0.6) is 0 Å². The van der Waals surface area contributed by atoms with Gasteiger partial charge in [0.2, 0.25) is 0 Å². The average molecular weight is 241 g/mol. The maximum absolute atomic E-state index is 5.57. The van der Waals surface area contributed by atoms with Crippen molar-refractivity contribution in [1.82, 2.24) is 4.98 Å². The standard InChI is InChI=1S/C7H10N2S.CH3Cl.ClH/c1-2-10-6-4-3-5-9-7(6)8;1-2;/h3-5H,2H2,1H3,(H2,8,9);1H3;1H. The first-order valence-electron chi connectivity index (χ1n) is 3.55. The van der Waals surface area contributed by atoms with E-state index in [0.29, 0.717) is 5.82 Å². The quantitative estimate of drug-likeness (QED) is 0.638. The average Bonchev–Trinajstić information content (AvgIpc) is 2.13. The summed E-state index contributed by atoms with van der Waals surface area (Å²) in [4.78, 5) is 5.03. The third kappa shape index (κ3) is 6.02. The number of hydrogen-bond donors (Lipinski definition) is 1. The summed E-state index contributed by atoms with van der Waals surface area (Å²) in [5.74, 6) is 1.67. The fourth-order valence-electron chi connectivity index (χ4n) is 0.680. The van der Waals surface area contributed by atoms with Crippen molar-refractivity contribution in [3.8, 4) is 0 Å². The Morgan fingerprint density at radius 3 is 2.62 bits per heavy atom. The van der Waals surface area contributed by atoms with Crippen molar-refractivity contribution >= 4 is 41.6 Å². The summed E-state index contributed by atoms with van der Waals surface area (Å²) in [6.07, 6.45) is 3.18. The lowest BCUT2D eigenvalue weighted by Crippen LogP contribution is -1.91. The molecule has 2 nitrogen and oxygen atoms in total. The molecule has 0 saturated heterocycles. The van der Waals surface area contributed by atoms with Gasteiger partial charge in [-0.1, -0.05) is 6.92 Å². The number of nitrogen functional groups attached to an aromatic ring is 1. The Hall–Kier alpha value is -0.120. The predicted molar refractivity (Wildman–Crippen MR) is 64.1 cm³/mol. The second kappa shape index (κ2) is 9.96. The van der Waals surface area contributed by atoms with Gasteiger partial charge in [0.1, 0.15) is 5.82 Å². The van der Waals surface area contributed by atoms with Gasteiger partial charge in [-0.05, 0) is 17.9 Å². The van der Waals surface area contributed by atoms with Crippen molar-refractivity contribution in [2.45, 2.75) is 11.8 Å². The van der Waals surface area contributed by atoms with Crippen LogP contribution in [0.3, 0.4) is 0 Å². The first-order valence-corrected chi connectivity index (χ1v) is 5.30. The van der Waals surface area contributed by atoms with Crippen LogP contribution in [-0.2, 0) is 0 Å². The van der Waals surface area contributed by atoms with Gasteiger partial charge < -0.3 is 5.73 Å². The van der Waals surface area contributed by atoms with Gasteiger partial charge in [-0.25, -0.2) is 4.98 Å². The molecule has 2 N–H and O–H groups in total. The molecule has 0 spiro atoms. The summed E-state index contributed by atoms with van der Waals surface area (Å²) in [6.45, 7) is 2.09. The van der Waals surface area contributed by atoms with E-state index in [2.05, 4.69) is 23.5 Å². The number of thioether (sulfide) groups is 1. The van der Waals surface area contributed by atoms with Crippen LogP contribution in [-0.4, -0.2) is 17.1 Å². The summed E-state index contributed by atoms with van der Waals surface area (Å²) < 4.78 is 0. The molecule has 0 aromatic carbocycles. The zero-order valence-electron chi connectivity index (χ0n) is 7.66. The van der Waals surface area contributed by atoms with E-state index in [1.54, 1.807) is 18.0 Å². The normalized spacial score (nSPS) is 7.92. The van der Waals surface area contributed by atoms with Crippen LogP contribution in [0.1, 0.15) is 6.92 Å². The lowest BCUT2D eigenvalue weighted by Gasteiger charge is -1.99. The highest BCUT2D eigenvalue weighted by Crippen LogP contribution is 2.21. The largest absolute Gasteiger partial charge is 0.383 e. The smallest absolute Gasteiger partial charge is 0.137 e. The molecule has 0 radical (unpaired) electrons. The Bertz CT molecular complexity index is 221. The highest BCUT2D eigenvalue weighted by molar-refractivity contribution is 7.99. The van der Waals surface area contributed by atoms with Gasteiger partial charge in [0.05, 0.1) is 0 Å². The molecule has 1 aromatic rings. The first-order chi connectivity index (χ1) is 5.84. The van der Waals surface area contributed by atoms with Gasteiger partial charge in [0.15, 0.2) is 0 Å². The molecule has 0 aliphatic rings. The number of pyridine rings is 1. The number of alkyl halides is 1.